The highest BCUT2D eigenvalue weighted by Crippen LogP contribution is 2.35. The van der Waals surface area contributed by atoms with Crippen LogP contribution in [0.1, 0.15) is 29.7 Å². The Morgan fingerprint density at radius 3 is 2.87 bits per heavy atom. The van der Waals surface area contributed by atoms with Gasteiger partial charge in [0.05, 0.1) is 12.7 Å². The lowest BCUT2D eigenvalue weighted by atomic mass is 10.00. The molecule has 2 unspecified atom stereocenters. The molecule has 120 valence electrons. The van der Waals surface area contributed by atoms with Gasteiger partial charge in [-0.25, -0.2) is 0 Å². The van der Waals surface area contributed by atoms with Crippen LogP contribution in [0.4, 0.5) is 0 Å². The third-order valence-corrected chi connectivity index (χ3v) is 4.30. The Labute approximate surface area is 134 Å². The largest absolute Gasteiger partial charge is 0.493 e. The third kappa shape index (κ3) is 2.85. The number of aliphatic hydroxyl groups excluding tert-OH is 1. The number of benzene rings is 2. The van der Waals surface area contributed by atoms with Gasteiger partial charge in [-0.05, 0) is 23.8 Å². The maximum absolute atomic E-state index is 10.4. The van der Waals surface area contributed by atoms with Crippen LogP contribution in [-0.4, -0.2) is 25.1 Å². The van der Waals surface area contributed by atoms with Crippen molar-refractivity contribution in [2.24, 2.45) is 0 Å². The van der Waals surface area contributed by atoms with E-state index in [4.69, 9.17) is 14.2 Å². The van der Waals surface area contributed by atoms with Gasteiger partial charge in [-0.2, -0.15) is 0 Å². The van der Waals surface area contributed by atoms with E-state index in [0.717, 1.165) is 29.0 Å². The monoisotopic (exact) mass is 313 g/mol. The summed E-state index contributed by atoms with van der Waals surface area (Å²) in [7, 11) is 0. The van der Waals surface area contributed by atoms with E-state index in [2.05, 4.69) is 11.4 Å². The summed E-state index contributed by atoms with van der Waals surface area (Å²) < 4.78 is 16.3. The van der Waals surface area contributed by atoms with Crippen LogP contribution < -0.4 is 19.5 Å². The molecule has 5 heteroatoms. The summed E-state index contributed by atoms with van der Waals surface area (Å²) in [5.41, 5.74) is 1.97. The standard InChI is InChI=1S/C18H19NO4/c20-15(12-5-6-17-18(9-12)23-11-22-17)10-19-14-7-8-21-16-4-2-1-3-13(14)16/h1-6,9,14-15,19-20H,7-8,10-11H2. The summed E-state index contributed by atoms with van der Waals surface area (Å²) in [5, 5.41) is 13.9. The van der Waals surface area contributed by atoms with E-state index in [1.807, 2.05) is 36.4 Å². The zero-order valence-corrected chi connectivity index (χ0v) is 12.7. The Bertz CT molecular complexity index is 703. The first-order valence-corrected chi connectivity index (χ1v) is 7.84. The second-order valence-corrected chi connectivity index (χ2v) is 5.76. The molecular formula is C18H19NO4. The summed E-state index contributed by atoms with van der Waals surface area (Å²) in [6, 6.07) is 13.8. The summed E-state index contributed by atoms with van der Waals surface area (Å²) in [4.78, 5) is 0. The minimum Gasteiger partial charge on any atom is -0.493 e. The Balaban J connectivity index is 1.43. The Morgan fingerprint density at radius 2 is 1.91 bits per heavy atom. The van der Waals surface area contributed by atoms with Gasteiger partial charge in [0.2, 0.25) is 6.79 Å². The van der Waals surface area contributed by atoms with Crippen molar-refractivity contribution in [2.75, 3.05) is 19.9 Å². The average Bonchev–Trinajstić information content (AvgIpc) is 3.07. The SMILES string of the molecule is OC(CNC1CCOc2ccccc21)c1ccc2c(c1)OCO2. The number of hydrogen-bond donors (Lipinski definition) is 2. The molecule has 0 aliphatic carbocycles. The molecule has 0 spiro atoms. The van der Waals surface area contributed by atoms with E-state index in [-0.39, 0.29) is 12.8 Å². The third-order valence-electron chi connectivity index (χ3n) is 4.30. The van der Waals surface area contributed by atoms with Crippen LogP contribution >= 0.6 is 0 Å². The number of aliphatic hydroxyl groups is 1. The van der Waals surface area contributed by atoms with Crippen molar-refractivity contribution in [1.82, 2.24) is 5.32 Å². The van der Waals surface area contributed by atoms with Gasteiger partial charge in [-0.3, -0.25) is 0 Å². The second kappa shape index (κ2) is 6.10. The number of hydrogen-bond acceptors (Lipinski definition) is 5. The quantitative estimate of drug-likeness (QED) is 0.908. The molecule has 23 heavy (non-hydrogen) atoms. The molecule has 0 radical (unpaired) electrons. The van der Waals surface area contributed by atoms with Crippen molar-refractivity contribution >= 4 is 0 Å². The molecule has 0 fully saturated rings. The highest BCUT2D eigenvalue weighted by atomic mass is 16.7. The van der Waals surface area contributed by atoms with Gasteiger partial charge >= 0.3 is 0 Å². The fourth-order valence-corrected chi connectivity index (χ4v) is 3.05. The van der Waals surface area contributed by atoms with Gasteiger partial charge in [0.15, 0.2) is 11.5 Å². The number of para-hydroxylation sites is 1. The van der Waals surface area contributed by atoms with Crippen molar-refractivity contribution in [1.29, 1.82) is 0 Å². The van der Waals surface area contributed by atoms with Crippen molar-refractivity contribution in [2.45, 2.75) is 18.6 Å². The molecule has 4 rings (SSSR count). The van der Waals surface area contributed by atoms with Gasteiger partial charge in [0.25, 0.3) is 0 Å². The molecular weight excluding hydrogens is 294 g/mol. The fraction of sp³-hybridized carbons (Fsp3) is 0.333. The van der Waals surface area contributed by atoms with Crippen molar-refractivity contribution in [3.05, 3.63) is 53.6 Å². The summed E-state index contributed by atoms with van der Waals surface area (Å²) in [5.74, 6) is 2.35. The van der Waals surface area contributed by atoms with E-state index in [1.165, 1.54) is 0 Å². The number of nitrogens with one attached hydrogen (secondary N) is 1. The van der Waals surface area contributed by atoms with E-state index in [9.17, 15) is 5.11 Å². The maximum atomic E-state index is 10.4. The Hall–Kier alpha value is -2.24. The van der Waals surface area contributed by atoms with Crippen LogP contribution in [0.2, 0.25) is 0 Å². The second-order valence-electron chi connectivity index (χ2n) is 5.76. The minimum absolute atomic E-state index is 0.198. The summed E-state index contributed by atoms with van der Waals surface area (Å²) in [6.07, 6.45) is 0.296. The van der Waals surface area contributed by atoms with Crippen LogP contribution in [0.25, 0.3) is 0 Å². The van der Waals surface area contributed by atoms with Crippen LogP contribution in [0.5, 0.6) is 17.2 Å². The van der Waals surface area contributed by atoms with E-state index in [1.54, 1.807) is 0 Å². The zero-order chi connectivity index (χ0) is 15.6. The average molecular weight is 313 g/mol. The molecule has 5 nitrogen and oxygen atoms in total. The first-order chi connectivity index (χ1) is 11.3. The van der Waals surface area contributed by atoms with E-state index in [0.29, 0.717) is 18.9 Å². The van der Waals surface area contributed by atoms with Gasteiger partial charge in [0, 0.05) is 24.6 Å². The molecule has 2 aliphatic rings. The molecule has 0 aromatic heterocycles. The number of fused-ring (bicyclic) bond motifs is 2. The Kier molecular flexibility index (Phi) is 3.81. The molecule has 0 saturated heterocycles. The molecule has 2 aliphatic heterocycles. The molecule has 0 amide bonds. The first-order valence-electron chi connectivity index (χ1n) is 7.84. The van der Waals surface area contributed by atoms with Crippen molar-refractivity contribution < 1.29 is 19.3 Å². The molecule has 2 aromatic rings. The molecule has 2 N–H and O–H groups in total. The number of rotatable bonds is 4. The van der Waals surface area contributed by atoms with Crippen molar-refractivity contribution in [3.63, 3.8) is 0 Å². The first kappa shape index (κ1) is 14.4. The highest BCUT2D eigenvalue weighted by molar-refractivity contribution is 5.45. The maximum Gasteiger partial charge on any atom is 0.231 e. The molecule has 2 aromatic carbocycles. The molecule has 0 bridgehead atoms. The fourth-order valence-electron chi connectivity index (χ4n) is 3.05. The predicted octanol–water partition coefficient (Wildman–Crippen LogP) is 2.56. The predicted molar refractivity (Wildman–Crippen MR) is 84.8 cm³/mol. The molecule has 2 heterocycles. The smallest absolute Gasteiger partial charge is 0.231 e. The minimum atomic E-state index is -0.598. The summed E-state index contributed by atoms with van der Waals surface area (Å²) >= 11 is 0. The Morgan fingerprint density at radius 1 is 1.04 bits per heavy atom. The lowest BCUT2D eigenvalue weighted by molar-refractivity contribution is 0.161. The van der Waals surface area contributed by atoms with Gasteiger partial charge in [-0.1, -0.05) is 24.3 Å². The van der Waals surface area contributed by atoms with Crippen molar-refractivity contribution in [3.8, 4) is 17.2 Å². The lowest BCUT2D eigenvalue weighted by Gasteiger charge is -2.27. The van der Waals surface area contributed by atoms with Crippen LogP contribution in [-0.2, 0) is 0 Å². The van der Waals surface area contributed by atoms with Gasteiger partial charge in [0.1, 0.15) is 5.75 Å². The van der Waals surface area contributed by atoms with Gasteiger partial charge in [-0.15, -0.1) is 0 Å². The highest BCUT2D eigenvalue weighted by Gasteiger charge is 2.22. The van der Waals surface area contributed by atoms with Crippen LogP contribution in [0.3, 0.4) is 0 Å². The lowest BCUT2D eigenvalue weighted by Crippen LogP contribution is -2.30. The molecule has 2 atom stereocenters. The molecule has 0 saturated carbocycles. The number of ether oxygens (including phenoxy) is 3. The van der Waals surface area contributed by atoms with E-state index < -0.39 is 6.10 Å². The van der Waals surface area contributed by atoms with Crippen LogP contribution in [0.15, 0.2) is 42.5 Å². The normalized spacial score (nSPS) is 19.8. The topological polar surface area (TPSA) is 60.0 Å². The zero-order valence-electron chi connectivity index (χ0n) is 12.7. The summed E-state index contributed by atoms with van der Waals surface area (Å²) in [6.45, 7) is 1.40. The van der Waals surface area contributed by atoms with Gasteiger partial charge < -0.3 is 24.6 Å². The van der Waals surface area contributed by atoms with E-state index >= 15 is 0 Å². The van der Waals surface area contributed by atoms with Crippen LogP contribution in [0, 0.1) is 0 Å².